The van der Waals surface area contributed by atoms with E-state index < -0.39 is 0 Å². The van der Waals surface area contributed by atoms with E-state index in [0.29, 0.717) is 0 Å². The fraction of sp³-hybridized carbons (Fsp3) is 0.100. The van der Waals surface area contributed by atoms with Gasteiger partial charge in [0.1, 0.15) is 0 Å². The lowest BCUT2D eigenvalue weighted by Crippen LogP contribution is -1.81. The molecule has 13 heavy (non-hydrogen) atoms. The molecule has 1 N–H and O–H groups in total. The van der Waals surface area contributed by atoms with Gasteiger partial charge in [-0.05, 0) is 13.0 Å². The molecule has 0 unspecified atom stereocenters. The van der Waals surface area contributed by atoms with Gasteiger partial charge in [-0.1, -0.05) is 29.8 Å². The SMILES string of the molecule is Cc1[nH]cnc1-c1ccccc1Cl. The minimum atomic E-state index is 0.734. The number of halogens is 1. The predicted octanol–water partition coefficient (Wildman–Crippen LogP) is 3.04. The second-order valence-electron chi connectivity index (χ2n) is 2.86. The first-order chi connectivity index (χ1) is 6.29. The van der Waals surface area contributed by atoms with Crippen molar-refractivity contribution in [1.29, 1.82) is 0 Å². The maximum absolute atomic E-state index is 6.03. The van der Waals surface area contributed by atoms with Crippen molar-refractivity contribution in [3.05, 3.63) is 41.3 Å². The van der Waals surface area contributed by atoms with Crippen LogP contribution in [0.25, 0.3) is 11.3 Å². The Morgan fingerprint density at radius 2 is 2.08 bits per heavy atom. The fourth-order valence-electron chi connectivity index (χ4n) is 1.28. The molecule has 0 aliphatic rings. The third-order valence-electron chi connectivity index (χ3n) is 1.96. The number of aromatic nitrogens is 2. The van der Waals surface area contributed by atoms with Crippen molar-refractivity contribution in [2.24, 2.45) is 0 Å². The van der Waals surface area contributed by atoms with E-state index in [-0.39, 0.29) is 0 Å². The van der Waals surface area contributed by atoms with Crippen LogP contribution in [0.5, 0.6) is 0 Å². The van der Waals surface area contributed by atoms with Crippen molar-refractivity contribution in [1.82, 2.24) is 9.97 Å². The lowest BCUT2D eigenvalue weighted by Gasteiger charge is -2.00. The second-order valence-corrected chi connectivity index (χ2v) is 3.26. The Kier molecular flexibility index (Phi) is 2.07. The van der Waals surface area contributed by atoms with Crippen LogP contribution in [-0.4, -0.2) is 9.97 Å². The van der Waals surface area contributed by atoms with Gasteiger partial charge < -0.3 is 4.98 Å². The van der Waals surface area contributed by atoms with Gasteiger partial charge in [-0.3, -0.25) is 0 Å². The summed E-state index contributed by atoms with van der Waals surface area (Å²) in [5.74, 6) is 0. The molecule has 0 atom stereocenters. The summed E-state index contributed by atoms with van der Waals surface area (Å²) >= 11 is 6.03. The summed E-state index contributed by atoms with van der Waals surface area (Å²) in [5, 5.41) is 0.734. The molecule has 0 saturated heterocycles. The van der Waals surface area contributed by atoms with E-state index in [9.17, 15) is 0 Å². The third-order valence-corrected chi connectivity index (χ3v) is 2.29. The van der Waals surface area contributed by atoms with Crippen LogP contribution in [0, 0.1) is 6.92 Å². The molecule has 66 valence electrons. The average molecular weight is 193 g/mol. The Balaban J connectivity index is 2.59. The first kappa shape index (κ1) is 8.32. The van der Waals surface area contributed by atoms with Gasteiger partial charge in [0.2, 0.25) is 0 Å². The van der Waals surface area contributed by atoms with E-state index in [4.69, 9.17) is 11.6 Å². The van der Waals surface area contributed by atoms with E-state index in [1.807, 2.05) is 31.2 Å². The van der Waals surface area contributed by atoms with Crippen molar-refractivity contribution in [2.75, 3.05) is 0 Å². The zero-order valence-corrected chi connectivity index (χ0v) is 7.97. The maximum atomic E-state index is 6.03. The molecular weight excluding hydrogens is 184 g/mol. The summed E-state index contributed by atoms with van der Waals surface area (Å²) in [6.45, 7) is 1.98. The number of aromatic amines is 1. The summed E-state index contributed by atoms with van der Waals surface area (Å²) in [7, 11) is 0. The van der Waals surface area contributed by atoms with Crippen molar-refractivity contribution in [2.45, 2.75) is 6.92 Å². The first-order valence-corrected chi connectivity index (χ1v) is 4.41. The normalized spacial score (nSPS) is 10.3. The lowest BCUT2D eigenvalue weighted by atomic mass is 10.1. The monoisotopic (exact) mass is 192 g/mol. The summed E-state index contributed by atoms with van der Waals surface area (Å²) in [6.07, 6.45) is 1.67. The van der Waals surface area contributed by atoms with Gasteiger partial charge in [-0.25, -0.2) is 4.98 Å². The number of imidazole rings is 1. The zero-order chi connectivity index (χ0) is 9.26. The van der Waals surface area contributed by atoms with Gasteiger partial charge in [-0.2, -0.15) is 0 Å². The highest BCUT2D eigenvalue weighted by Crippen LogP contribution is 2.27. The molecule has 0 spiro atoms. The van der Waals surface area contributed by atoms with Gasteiger partial charge >= 0.3 is 0 Å². The molecule has 1 heterocycles. The number of benzene rings is 1. The Morgan fingerprint density at radius 1 is 1.31 bits per heavy atom. The van der Waals surface area contributed by atoms with Gasteiger partial charge in [0.05, 0.1) is 17.0 Å². The number of nitrogens with one attached hydrogen (secondary N) is 1. The Hall–Kier alpha value is -1.28. The standard InChI is InChI=1S/C10H9ClN2/c1-7-10(13-6-12-7)8-4-2-3-5-9(8)11/h2-6H,1H3,(H,12,13). The lowest BCUT2D eigenvalue weighted by molar-refractivity contribution is 1.25. The molecule has 2 aromatic rings. The minimum Gasteiger partial charge on any atom is -0.348 e. The molecule has 2 rings (SSSR count). The number of aryl methyl sites for hydroxylation is 1. The summed E-state index contributed by atoms with van der Waals surface area (Å²) in [5.41, 5.74) is 2.93. The van der Waals surface area contributed by atoms with Crippen molar-refractivity contribution >= 4 is 11.6 Å². The highest BCUT2D eigenvalue weighted by atomic mass is 35.5. The van der Waals surface area contributed by atoms with E-state index in [1.165, 1.54) is 0 Å². The van der Waals surface area contributed by atoms with E-state index in [1.54, 1.807) is 6.33 Å². The number of hydrogen-bond acceptors (Lipinski definition) is 1. The Morgan fingerprint density at radius 3 is 2.69 bits per heavy atom. The quantitative estimate of drug-likeness (QED) is 0.739. The molecule has 0 amide bonds. The minimum absolute atomic E-state index is 0.734. The van der Waals surface area contributed by atoms with E-state index in [0.717, 1.165) is 22.0 Å². The number of rotatable bonds is 1. The Bertz CT molecular complexity index is 420. The van der Waals surface area contributed by atoms with Crippen molar-refractivity contribution in [3.8, 4) is 11.3 Å². The van der Waals surface area contributed by atoms with E-state index >= 15 is 0 Å². The van der Waals surface area contributed by atoms with Crippen molar-refractivity contribution < 1.29 is 0 Å². The zero-order valence-electron chi connectivity index (χ0n) is 7.21. The van der Waals surface area contributed by atoms with Crippen LogP contribution in [-0.2, 0) is 0 Å². The number of H-pyrrole nitrogens is 1. The molecule has 1 aromatic carbocycles. The molecule has 0 radical (unpaired) electrons. The number of nitrogens with zero attached hydrogens (tertiary/aromatic N) is 1. The molecule has 3 heteroatoms. The number of hydrogen-bond donors (Lipinski definition) is 1. The molecule has 0 bridgehead atoms. The van der Waals surface area contributed by atoms with Crippen LogP contribution in [0.1, 0.15) is 5.69 Å². The molecular formula is C10H9ClN2. The largest absolute Gasteiger partial charge is 0.348 e. The van der Waals surface area contributed by atoms with Gasteiger partial charge in [0.15, 0.2) is 0 Å². The predicted molar refractivity (Wildman–Crippen MR) is 53.8 cm³/mol. The molecule has 0 aliphatic carbocycles. The first-order valence-electron chi connectivity index (χ1n) is 4.04. The van der Waals surface area contributed by atoms with Gasteiger partial charge in [-0.15, -0.1) is 0 Å². The molecule has 0 aliphatic heterocycles. The fourth-order valence-corrected chi connectivity index (χ4v) is 1.51. The second kappa shape index (κ2) is 3.23. The highest BCUT2D eigenvalue weighted by molar-refractivity contribution is 6.33. The van der Waals surface area contributed by atoms with Crippen LogP contribution in [0.3, 0.4) is 0 Å². The summed E-state index contributed by atoms with van der Waals surface area (Å²) in [6, 6.07) is 7.69. The molecule has 0 fully saturated rings. The highest BCUT2D eigenvalue weighted by Gasteiger charge is 2.06. The molecule has 0 saturated carbocycles. The summed E-state index contributed by atoms with van der Waals surface area (Å²) in [4.78, 5) is 7.23. The average Bonchev–Trinajstić information content (AvgIpc) is 2.52. The summed E-state index contributed by atoms with van der Waals surface area (Å²) < 4.78 is 0. The molecule has 1 aromatic heterocycles. The van der Waals surface area contributed by atoms with Crippen molar-refractivity contribution in [3.63, 3.8) is 0 Å². The van der Waals surface area contributed by atoms with Crippen LogP contribution < -0.4 is 0 Å². The van der Waals surface area contributed by atoms with Gasteiger partial charge in [0, 0.05) is 11.3 Å². The maximum Gasteiger partial charge on any atom is 0.0929 e. The Labute approximate surface area is 81.6 Å². The van der Waals surface area contributed by atoms with Crippen LogP contribution in [0.2, 0.25) is 5.02 Å². The molecule has 2 nitrogen and oxygen atoms in total. The van der Waals surface area contributed by atoms with E-state index in [2.05, 4.69) is 9.97 Å². The van der Waals surface area contributed by atoms with Gasteiger partial charge in [0.25, 0.3) is 0 Å². The topological polar surface area (TPSA) is 28.7 Å². The third kappa shape index (κ3) is 1.45. The van der Waals surface area contributed by atoms with Crippen LogP contribution in [0.4, 0.5) is 0 Å². The smallest absolute Gasteiger partial charge is 0.0929 e. The van der Waals surface area contributed by atoms with Crippen LogP contribution >= 0.6 is 11.6 Å². The van der Waals surface area contributed by atoms with Crippen LogP contribution in [0.15, 0.2) is 30.6 Å².